The lowest BCUT2D eigenvalue weighted by Crippen LogP contribution is -2.46. The summed E-state index contributed by atoms with van der Waals surface area (Å²) in [6.07, 6.45) is 1.64. The van der Waals surface area contributed by atoms with Gasteiger partial charge in [0.1, 0.15) is 16.8 Å². The van der Waals surface area contributed by atoms with Gasteiger partial charge < -0.3 is 10.0 Å². The lowest BCUT2D eigenvalue weighted by molar-refractivity contribution is 0.0955. The van der Waals surface area contributed by atoms with Crippen molar-refractivity contribution in [2.45, 2.75) is 20.4 Å². The van der Waals surface area contributed by atoms with Gasteiger partial charge in [0, 0.05) is 44.0 Å². The summed E-state index contributed by atoms with van der Waals surface area (Å²) in [7, 11) is 0. The second kappa shape index (κ2) is 10.6. The molecule has 1 aromatic heterocycles. The van der Waals surface area contributed by atoms with E-state index < -0.39 is 5.91 Å². The van der Waals surface area contributed by atoms with Crippen LogP contribution in [0.1, 0.15) is 32.6 Å². The molecule has 10 heteroatoms. The monoisotopic (exact) mass is 518 g/mol. The first-order valence-electron chi connectivity index (χ1n) is 12.0. The third kappa shape index (κ3) is 5.42. The molecule has 1 amide bonds. The number of aromatic nitrogens is 2. The number of piperazine rings is 1. The highest BCUT2D eigenvalue weighted by atomic mass is 35.5. The van der Waals surface area contributed by atoms with Crippen molar-refractivity contribution in [3.05, 3.63) is 81.4 Å². The fraction of sp³-hybridized carbons (Fsp3) is 0.259. The van der Waals surface area contributed by atoms with Gasteiger partial charge in [0.2, 0.25) is 0 Å². The van der Waals surface area contributed by atoms with E-state index >= 15 is 0 Å². The number of benzene rings is 3. The molecule has 37 heavy (non-hydrogen) atoms. The summed E-state index contributed by atoms with van der Waals surface area (Å²) >= 11 is 5.88. The number of fused-ring (bicyclic) bond motifs is 1. The zero-order chi connectivity index (χ0) is 25.9. The molecule has 0 saturated carbocycles. The normalized spacial score (nSPS) is 14.5. The van der Waals surface area contributed by atoms with Crippen LogP contribution >= 0.6 is 11.6 Å². The molecule has 0 unspecified atom stereocenters. The molecule has 2 heterocycles. The SMILES string of the molecule is Cc1c(C=NNC(=O)c2ccc(O)c(Cl)c2)ccc(N2CCN(Cc3ccc4nonc4c3)CC2)c1C. The first-order valence-corrected chi connectivity index (χ1v) is 12.4. The van der Waals surface area contributed by atoms with Crippen molar-refractivity contribution in [1.82, 2.24) is 20.6 Å². The van der Waals surface area contributed by atoms with Gasteiger partial charge in [-0.05, 0) is 82.8 Å². The maximum Gasteiger partial charge on any atom is 0.271 e. The number of nitrogens with zero attached hydrogens (tertiary/aromatic N) is 5. The molecular formula is C27H27ClN6O3. The van der Waals surface area contributed by atoms with Gasteiger partial charge in [-0.15, -0.1) is 0 Å². The van der Waals surface area contributed by atoms with Gasteiger partial charge >= 0.3 is 0 Å². The zero-order valence-electron chi connectivity index (χ0n) is 20.6. The van der Waals surface area contributed by atoms with Gasteiger partial charge in [-0.1, -0.05) is 23.7 Å². The number of phenols is 1. The Hall–Kier alpha value is -3.95. The lowest BCUT2D eigenvalue weighted by atomic mass is 10.0. The summed E-state index contributed by atoms with van der Waals surface area (Å²) in [6, 6.07) is 14.5. The fourth-order valence-corrected chi connectivity index (χ4v) is 4.69. The molecule has 0 radical (unpaired) electrons. The third-order valence-electron chi connectivity index (χ3n) is 6.82. The van der Waals surface area contributed by atoms with Gasteiger partial charge in [0.25, 0.3) is 5.91 Å². The summed E-state index contributed by atoms with van der Waals surface area (Å²) in [5, 5.41) is 21.6. The van der Waals surface area contributed by atoms with Crippen molar-refractivity contribution in [3.8, 4) is 5.75 Å². The maximum atomic E-state index is 12.3. The molecular weight excluding hydrogens is 492 g/mol. The average Bonchev–Trinajstić information content (AvgIpc) is 3.37. The van der Waals surface area contributed by atoms with Gasteiger partial charge in [0.15, 0.2) is 0 Å². The van der Waals surface area contributed by atoms with Crippen LogP contribution in [0.5, 0.6) is 5.75 Å². The lowest BCUT2D eigenvalue weighted by Gasteiger charge is -2.37. The van der Waals surface area contributed by atoms with E-state index in [1.165, 1.54) is 35.0 Å². The zero-order valence-corrected chi connectivity index (χ0v) is 21.4. The molecule has 1 aliphatic heterocycles. The smallest absolute Gasteiger partial charge is 0.271 e. The van der Waals surface area contributed by atoms with Crippen LogP contribution in [0, 0.1) is 13.8 Å². The number of anilines is 1. The Labute approximate surface area is 219 Å². The van der Waals surface area contributed by atoms with Gasteiger partial charge in [-0.2, -0.15) is 5.10 Å². The van der Waals surface area contributed by atoms with Gasteiger partial charge in [-0.25, -0.2) is 10.1 Å². The molecule has 0 atom stereocenters. The largest absolute Gasteiger partial charge is 0.506 e. The highest BCUT2D eigenvalue weighted by Gasteiger charge is 2.20. The number of hydrogen-bond donors (Lipinski definition) is 2. The molecule has 190 valence electrons. The van der Waals surface area contributed by atoms with Crippen LogP contribution in [0.2, 0.25) is 5.02 Å². The Morgan fingerprint density at radius 1 is 1.05 bits per heavy atom. The highest BCUT2D eigenvalue weighted by molar-refractivity contribution is 6.32. The fourth-order valence-electron chi connectivity index (χ4n) is 4.51. The van der Waals surface area contributed by atoms with Crippen LogP contribution in [0.3, 0.4) is 0 Å². The Balaban J connectivity index is 1.19. The second-order valence-electron chi connectivity index (χ2n) is 9.14. The number of rotatable bonds is 6. The minimum absolute atomic E-state index is 0.0723. The number of aromatic hydroxyl groups is 1. The Bertz CT molecular complexity index is 1480. The summed E-state index contributed by atoms with van der Waals surface area (Å²) in [4.78, 5) is 17.2. The molecule has 0 aliphatic carbocycles. The standard InChI is InChI=1S/C27H27ClN6O3/c1-17-18(2)25(7-4-21(17)15-29-30-27(36)20-5-8-26(35)22(28)14-20)34-11-9-33(10-12-34)16-19-3-6-23-24(13-19)32-37-31-23/h3-8,13-15,35H,9-12,16H2,1-2H3,(H,30,36). The predicted molar refractivity (Wildman–Crippen MR) is 143 cm³/mol. The number of hydrogen-bond acceptors (Lipinski definition) is 8. The van der Waals surface area contributed by atoms with Crippen molar-refractivity contribution < 1.29 is 14.5 Å². The summed E-state index contributed by atoms with van der Waals surface area (Å²) < 4.78 is 4.80. The molecule has 1 aliphatic rings. The van der Waals surface area contributed by atoms with Crippen LogP contribution in [0.4, 0.5) is 5.69 Å². The Morgan fingerprint density at radius 3 is 2.62 bits per heavy atom. The minimum Gasteiger partial charge on any atom is -0.506 e. The Kier molecular flexibility index (Phi) is 7.07. The third-order valence-corrected chi connectivity index (χ3v) is 7.12. The first-order chi connectivity index (χ1) is 17.9. The molecule has 0 spiro atoms. The van der Waals surface area contributed by atoms with Crippen LogP contribution in [-0.2, 0) is 6.54 Å². The topological polar surface area (TPSA) is 107 Å². The summed E-state index contributed by atoms with van der Waals surface area (Å²) in [5.41, 5.74) is 10.0. The molecule has 1 saturated heterocycles. The van der Waals surface area contributed by atoms with E-state index in [1.807, 2.05) is 18.2 Å². The van der Waals surface area contributed by atoms with E-state index in [9.17, 15) is 9.90 Å². The van der Waals surface area contributed by atoms with Crippen LogP contribution in [0.25, 0.3) is 11.0 Å². The molecule has 2 N–H and O–H groups in total. The van der Waals surface area contributed by atoms with Crippen LogP contribution in [0.15, 0.2) is 58.3 Å². The molecule has 9 nitrogen and oxygen atoms in total. The second-order valence-corrected chi connectivity index (χ2v) is 9.55. The van der Waals surface area contributed by atoms with E-state index in [1.54, 1.807) is 6.21 Å². The molecule has 3 aromatic carbocycles. The van der Waals surface area contributed by atoms with Gasteiger partial charge in [0.05, 0.1) is 11.2 Å². The summed E-state index contributed by atoms with van der Waals surface area (Å²) in [6.45, 7) is 8.85. The molecule has 0 bridgehead atoms. The quantitative estimate of drug-likeness (QED) is 0.290. The van der Waals surface area contributed by atoms with Crippen molar-refractivity contribution in [2.24, 2.45) is 5.10 Å². The number of amides is 1. The van der Waals surface area contributed by atoms with E-state index in [4.69, 9.17) is 16.2 Å². The number of halogens is 1. The van der Waals surface area contributed by atoms with E-state index in [2.05, 4.69) is 56.6 Å². The molecule has 1 fully saturated rings. The van der Waals surface area contributed by atoms with Crippen LogP contribution in [-0.4, -0.2) is 58.6 Å². The number of hydrazone groups is 1. The van der Waals surface area contributed by atoms with Crippen molar-refractivity contribution in [3.63, 3.8) is 0 Å². The van der Waals surface area contributed by atoms with E-state index in [0.717, 1.165) is 54.9 Å². The number of nitrogens with one attached hydrogen (secondary N) is 1. The number of carbonyl (C=O) groups is 1. The molecule has 5 rings (SSSR count). The highest BCUT2D eigenvalue weighted by Crippen LogP contribution is 2.27. The number of carbonyl (C=O) groups excluding carboxylic acids is 1. The number of phenolic OH excluding ortho intramolecular Hbond substituents is 1. The first kappa shape index (κ1) is 24.7. The predicted octanol–water partition coefficient (Wildman–Crippen LogP) is 4.28. The van der Waals surface area contributed by atoms with E-state index in [0.29, 0.717) is 5.56 Å². The van der Waals surface area contributed by atoms with Crippen molar-refractivity contribution in [1.29, 1.82) is 0 Å². The Morgan fingerprint density at radius 2 is 1.84 bits per heavy atom. The minimum atomic E-state index is -0.403. The maximum absolute atomic E-state index is 12.3. The van der Waals surface area contributed by atoms with Crippen LogP contribution < -0.4 is 10.3 Å². The van der Waals surface area contributed by atoms with Gasteiger partial charge in [-0.3, -0.25) is 9.69 Å². The van der Waals surface area contributed by atoms with Crippen molar-refractivity contribution in [2.75, 3.05) is 31.1 Å². The van der Waals surface area contributed by atoms with Crippen molar-refractivity contribution >= 4 is 40.4 Å². The summed E-state index contributed by atoms with van der Waals surface area (Å²) in [5.74, 6) is -0.475. The van der Waals surface area contributed by atoms with E-state index in [-0.39, 0.29) is 10.8 Å². The average molecular weight is 519 g/mol. The molecule has 4 aromatic rings.